The number of piperazine rings is 1. The van der Waals surface area contributed by atoms with Crippen molar-refractivity contribution < 1.29 is 4.79 Å². The van der Waals surface area contributed by atoms with Crippen molar-refractivity contribution in [3.63, 3.8) is 0 Å². The van der Waals surface area contributed by atoms with E-state index in [0.717, 1.165) is 54.9 Å². The first-order valence-corrected chi connectivity index (χ1v) is 11.3. The molecule has 150 valence electrons. The fourth-order valence-corrected chi connectivity index (χ4v) is 4.88. The summed E-state index contributed by atoms with van der Waals surface area (Å²) in [7, 11) is 2.10. The number of nitrogens with one attached hydrogen (secondary N) is 1. The Labute approximate surface area is 170 Å². The summed E-state index contributed by atoms with van der Waals surface area (Å²) in [5, 5.41) is 1.81. The number of aryl methyl sites for hydroxylation is 1. The van der Waals surface area contributed by atoms with E-state index in [1.807, 2.05) is 17.3 Å². The van der Waals surface area contributed by atoms with Crippen LogP contribution in [0.1, 0.15) is 43.4 Å². The van der Waals surface area contributed by atoms with E-state index in [9.17, 15) is 4.79 Å². The molecule has 4 heterocycles. The van der Waals surface area contributed by atoms with Gasteiger partial charge < -0.3 is 14.8 Å². The van der Waals surface area contributed by atoms with Crippen molar-refractivity contribution in [3.05, 3.63) is 29.6 Å². The predicted molar refractivity (Wildman–Crippen MR) is 116 cm³/mol. The number of hydrogen-bond donors (Lipinski definition) is 1. The van der Waals surface area contributed by atoms with E-state index in [1.165, 1.54) is 24.8 Å². The number of unbranched alkanes of at least 4 members (excludes halogenated alkanes) is 2. The number of hydrogen-bond acceptors (Lipinski definition) is 5. The van der Waals surface area contributed by atoms with Gasteiger partial charge in [-0.3, -0.25) is 9.79 Å². The van der Waals surface area contributed by atoms with Gasteiger partial charge in [-0.15, -0.1) is 0 Å². The number of rotatable bonds is 6. The lowest BCUT2D eigenvalue weighted by Crippen LogP contribution is -2.48. The third kappa shape index (κ3) is 4.10. The molecule has 28 heavy (non-hydrogen) atoms. The van der Waals surface area contributed by atoms with Crippen molar-refractivity contribution in [2.45, 2.75) is 38.6 Å². The third-order valence-electron chi connectivity index (χ3n) is 5.67. The maximum Gasteiger partial charge on any atom is 0.278 e. The van der Waals surface area contributed by atoms with Crippen molar-refractivity contribution in [1.29, 1.82) is 0 Å². The zero-order valence-electron chi connectivity index (χ0n) is 16.8. The molecular formula is C21H29N5OS. The van der Waals surface area contributed by atoms with Gasteiger partial charge in [-0.25, -0.2) is 4.98 Å². The Morgan fingerprint density at radius 1 is 1.29 bits per heavy atom. The Balaban J connectivity index is 1.50. The summed E-state index contributed by atoms with van der Waals surface area (Å²) >= 11 is 1.59. The number of thioether (sulfide) groups is 1. The van der Waals surface area contributed by atoms with Gasteiger partial charge in [-0.05, 0) is 31.5 Å². The molecular weight excluding hydrogens is 370 g/mol. The Hall–Kier alpha value is -1.86. The summed E-state index contributed by atoms with van der Waals surface area (Å²) in [6, 6.07) is 2.28. The third-order valence-corrected chi connectivity index (χ3v) is 6.71. The Kier molecular flexibility index (Phi) is 6.01. The fraction of sp³-hybridized carbons (Fsp3) is 0.571. The average molecular weight is 400 g/mol. The molecule has 1 N–H and O–H groups in total. The number of amides is 1. The lowest BCUT2D eigenvalue weighted by molar-refractivity contribution is -0.125. The lowest BCUT2D eigenvalue weighted by Gasteiger charge is -2.32. The molecule has 1 atom stereocenters. The molecule has 2 aliphatic rings. The van der Waals surface area contributed by atoms with Gasteiger partial charge in [0.05, 0.1) is 6.04 Å². The lowest BCUT2D eigenvalue weighted by atomic mass is 10.0. The highest BCUT2D eigenvalue weighted by molar-refractivity contribution is 8.16. The van der Waals surface area contributed by atoms with Crippen molar-refractivity contribution in [2.75, 3.05) is 39.0 Å². The summed E-state index contributed by atoms with van der Waals surface area (Å²) in [5.41, 5.74) is 3.35. The molecule has 1 amide bonds. The summed E-state index contributed by atoms with van der Waals surface area (Å²) in [4.78, 5) is 29.7. The first-order valence-electron chi connectivity index (χ1n) is 10.3. The molecule has 0 aromatic carbocycles. The Bertz CT molecular complexity index is 869. The number of carbonyl (C=O) groups excluding carboxylic acids is 1. The topological polar surface area (TPSA) is 64.6 Å². The highest BCUT2D eigenvalue weighted by atomic mass is 32.2. The highest BCUT2D eigenvalue weighted by Gasteiger charge is 2.30. The number of fused-ring (bicyclic) bond motifs is 1. The van der Waals surface area contributed by atoms with Gasteiger partial charge in [0, 0.05) is 55.3 Å². The molecule has 4 rings (SSSR count). The van der Waals surface area contributed by atoms with Gasteiger partial charge in [0.1, 0.15) is 5.65 Å². The molecule has 0 bridgehead atoms. The van der Waals surface area contributed by atoms with Crippen LogP contribution in [0.2, 0.25) is 0 Å². The van der Waals surface area contributed by atoms with Crippen LogP contribution in [0.15, 0.2) is 23.5 Å². The molecule has 0 radical (unpaired) electrons. The zero-order valence-corrected chi connectivity index (χ0v) is 17.6. The Morgan fingerprint density at radius 2 is 2.11 bits per heavy atom. The fourth-order valence-electron chi connectivity index (χ4n) is 3.85. The average Bonchev–Trinajstić information content (AvgIpc) is 3.35. The molecule has 2 aromatic heterocycles. The molecule has 2 aromatic rings. The molecule has 0 saturated carbocycles. The number of aromatic amines is 1. The number of aliphatic imine (C=N–C) groups is 1. The van der Waals surface area contributed by atoms with Gasteiger partial charge >= 0.3 is 0 Å². The predicted octanol–water partition coefficient (Wildman–Crippen LogP) is 3.26. The van der Waals surface area contributed by atoms with E-state index >= 15 is 0 Å². The van der Waals surface area contributed by atoms with Crippen LogP contribution in [0.4, 0.5) is 0 Å². The van der Waals surface area contributed by atoms with Crippen LogP contribution in [0.5, 0.6) is 0 Å². The van der Waals surface area contributed by atoms with E-state index < -0.39 is 0 Å². The van der Waals surface area contributed by atoms with E-state index in [4.69, 9.17) is 4.99 Å². The van der Waals surface area contributed by atoms with Crippen LogP contribution in [0, 0.1) is 0 Å². The van der Waals surface area contributed by atoms with Gasteiger partial charge in [-0.2, -0.15) is 0 Å². The van der Waals surface area contributed by atoms with Gasteiger partial charge in [-0.1, -0.05) is 31.5 Å². The summed E-state index contributed by atoms with van der Waals surface area (Å²) in [6.07, 6.45) is 8.74. The molecule has 2 aliphatic heterocycles. The highest BCUT2D eigenvalue weighted by Crippen LogP contribution is 2.35. The van der Waals surface area contributed by atoms with Crippen LogP contribution < -0.4 is 0 Å². The van der Waals surface area contributed by atoms with Gasteiger partial charge in [0.15, 0.2) is 5.04 Å². The number of nitrogens with zero attached hydrogens (tertiary/aromatic N) is 4. The minimum atomic E-state index is 0.0258. The first kappa shape index (κ1) is 19.5. The minimum absolute atomic E-state index is 0.0258. The first-order chi connectivity index (χ1) is 13.7. The van der Waals surface area contributed by atoms with E-state index in [1.54, 1.807) is 11.8 Å². The zero-order chi connectivity index (χ0) is 19.5. The Morgan fingerprint density at radius 3 is 2.89 bits per heavy atom. The van der Waals surface area contributed by atoms with Gasteiger partial charge in [0.25, 0.3) is 5.91 Å². The van der Waals surface area contributed by atoms with Crippen molar-refractivity contribution in [1.82, 2.24) is 19.8 Å². The van der Waals surface area contributed by atoms with E-state index in [-0.39, 0.29) is 11.9 Å². The van der Waals surface area contributed by atoms with Crippen LogP contribution in [0.25, 0.3) is 11.0 Å². The van der Waals surface area contributed by atoms with E-state index in [2.05, 4.69) is 34.9 Å². The standard InChI is InChI=1S/C21H29N5OS/c1-3-4-5-6-15-11-16-17(13-23-19(16)22-12-15)18-14-28-20(24-18)21(27)26-9-7-25(2)8-10-26/h11-13,18H,3-10,14H2,1-2H3,(H,22,23). The number of likely N-dealkylation sites (N-methyl/N-ethyl adjacent to an activating group) is 1. The SMILES string of the molecule is CCCCCc1cnc2[nH]cc(C3CSC(C(=O)N4CCN(C)CC4)=N3)c2c1. The van der Waals surface area contributed by atoms with Crippen LogP contribution in [0.3, 0.4) is 0 Å². The summed E-state index contributed by atoms with van der Waals surface area (Å²) in [5.74, 6) is 0.917. The maximum absolute atomic E-state index is 12.8. The summed E-state index contributed by atoms with van der Waals surface area (Å²) < 4.78 is 0. The largest absolute Gasteiger partial charge is 0.346 e. The quantitative estimate of drug-likeness (QED) is 0.758. The number of carbonyl (C=O) groups is 1. The normalized spacial score (nSPS) is 20.7. The second-order valence-corrected chi connectivity index (χ2v) is 8.81. The molecule has 1 saturated heterocycles. The number of aromatic nitrogens is 2. The molecule has 0 spiro atoms. The maximum atomic E-state index is 12.8. The second-order valence-electron chi connectivity index (χ2n) is 7.80. The van der Waals surface area contributed by atoms with Crippen LogP contribution >= 0.6 is 11.8 Å². The summed E-state index contributed by atoms with van der Waals surface area (Å²) in [6.45, 7) is 5.67. The monoisotopic (exact) mass is 399 g/mol. The molecule has 7 heteroatoms. The van der Waals surface area contributed by atoms with Crippen LogP contribution in [-0.2, 0) is 11.2 Å². The van der Waals surface area contributed by atoms with Crippen molar-refractivity contribution >= 4 is 33.7 Å². The second kappa shape index (κ2) is 8.66. The van der Waals surface area contributed by atoms with Crippen LogP contribution in [-0.4, -0.2) is 69.7 Å². The molecule has 1 fully saturated rings. The number of pyridine rings is 1. The minimum Gasteiger partial charge on any atom is -0.346 e. The number of H-pyrrole nitrogens is 1. The molecule has 1 unspecified atom stereocenters. The van der Waals surface area contributed by atoms with Gasteiger partial charge in [0.2, 0.25) is 0 Å². The molecule has 6 nitrogen and oxygen atoms in total. The smallest absolute Gasteiger partial charge is 0.278 e. The van der Waals surface area contributed by atoms with Crippen molar-refractivity contribution in [2.24, 2.45) is 4.99 Å². The van der Waals surface area contributed by atoms with E-state index in [0.29, 0.717) is 5.04 Å². The molecule has 0 aliphatic carbocycles. The van der Waals surface area contributed by atoms with Crippen molar-refractivity contribution in [3.8, 4) is 0 Å².